The molecule has 1 saturated carbocycles. The summed E-state index contributed by atoms with van der Waals surface area (Å²) in [6, 6.07) is 8.37. The molecule has 1 amide bonds. The van der Waals surface area contributed by atoms with E-state index in [0.717, 1.165) is 12.1 Å². The lowest BCUT2D eigenvalue weighted by atomic mass is 10.1. The van der Waals surface area contributed by atoms with Crippen LogP contribution in [-0.4, -0.2) is 15.5 Å². The van der Waals surface area contributed by atoms with Gasteiger partial charge in [-0.2, -0.15) is 0 Å². The first-order valence-electron chi connectivity index (χ1n) is 8.84. The van der Waals surface area contributed by atoms with E-state index in [4.69, 9.17) is 0 Å². The average molecular weight is 337 g/mol. The van der Waals surface area contributed by atoms with E-state index in [1.54, 1.807) is 6.20 Å². The molecular formula is C21H27N3O. The Morgan fingerprint density at radius 1 is 1.24 bits per heavy atom. The number of amides is 1. The summed E-state index contributed by atoms with van der Waals surface area (Å²) in [6.45, 7) is 9.92. The fourth-order valence-electron chi connectivity index (χ4n) is 3.50. The Morgan fingerprint density at radius 2 is 1.92 bits per heavy atom. The van der Waals surface area contributed by atoms with Crippen LogP contribution in [-0.2, 0) is 17.9 Å². The molecular weight excluding hydrogens is 310 g/mol. The number of allylic oxidation sites excluding steroid dienone is 2. The van der Waals surface area contributed by atoms with E-state index < -0.39 is 0 Å². The van der Waals surface area contributed by atoms with Crippen LogP contribution in [0.2, 0.25) is 0 Å². The normalized spacial score (nSPS) is 20.8. The van der Waals surface area contributed by atoms with E-state index in [-0.39, 0.29) is 17.2 Å². The van der Waals surface area contributed by atoms with E-state index in [0.29, 0.717) is 12.5 Å². The Balaban J connectivity index is 1.53. The van der Waals surface area contributed by atoms with Gasteiger partial charge in [-0.25, -0.2) is 4.98 Å². The van der Waals surface area contributed by atoms with Crippen LogP contribution in [0.5, 0.6) is 0 Å². The predicted octanol–water partition coefficient (Wildman–Crippen LogP) is 3.79. The number of carbonyl (C=O) groups excluding carboxylic acids is 1. The number of aromatic nitrogens is 2. The van der Waals surface area contributed by atoms with Gasteiger partial charge in [-0.05, 0) is 36.3 Å². The standard InChI is InChI=1S/C21H27N3O/c1-15(2)11-18-19(21(18,3)4)20(25)23-12-16-5-7-17(8-6-16)13-24-10-9-22-14-24/h5-11,14,18-19H,12-13H2,1-4H3,(H,23,25). The van der Waals surface area contributed by atoms with Gasteiger partial charge in [-0.1, -0.05) is 49.8 Å². The predicted molar refractivity (Wildman–Crippen MR) is 99.8 cm³/mol. The summed E-state index contributed by atoms with van der Waals surface area (Å²) >= 11 is 0. The van der Waals surface area contributed by atoms with Gasteiger partial charge in [0.15, 0.2) is 0 Å². The second-order valence-electron chi connectivity index (χ2n) is 7.84. The van der Waals surface area contributed by atoms with Crippen molar-refractivity contribution >= 4 is 5.91 Å². The van der Waals surface area contributed by atoms with Crippen molar-refractivity contribution in [1.29, 1.82) is 0 Å². The summed E-state index contributed by atoms with van der Waals surface area (Å²) in [5.74, 6) is 0.605. The molecule has 2 aromatic rings. The van der Waals surface area contributed by atoms with Crippen molar-refractivity contribution < 1.29 is 4.79 Å². The Kier molecular flexibility index (Phi) is 4.80. The first-order valence-corrected chi connectivity index (χ1v) is 8.84. The van der Waals surface area contributed by atoms with Crippen LogP contribution in [0.15, 0.2) is 54.6 Å². The second-order valence-corrected chi connectivity index (χ2v) is 7.84. The minimum absolute atomic E-state index is 0.0655. The van der Waals surface area contributed by atoms with Crippen LogP contribution in [0.3, 0.4) is 0 Å². The summed E-state index contributed by atoms with van der Waals surface area (Å²) in [5, 5.41) is 3.10. The molecule has 1 N–H and O–H groups in total. The van der Waals surface area contributed by atoms with E-state index in [2.05, 4.69) is 68.3 Å². The summed E-state index contributed by atoms with van der Waals surface area (Å²) in [7, 11) is 0. The van der Waals surface area contributed by atoms with Crippen molar-refractivity contribution in [3.8, 4) is 0 Å². The molecule has 1 aliphatic rings. The van der Waals surface area contributed by atoms with E-state index in [9.17, 15) is 4.79 Å². The molecule has 4 heteroatoms. The molecule has 0 bridgehead atoms. The van der Waals surface area contributed by atoms with Gasteiger partial charge in [0.25, 0.3) is 0 Å². The van der Waals surface area contributed by atoms with Gasteiger partial charge < -0.3 is 9.88 Å². The molecule has 1 aliphatic carbocycles. The molecule has 4 nitrogen and oxygen atoms in total. The molecule has 1 fully saturated rings. The topological polar surface area (TPSA) is 46.9 Å². The van der Waals surface area contributed by atoms with Gasteiger partial charge in [0.1, 0.15) is 0 Å². The molecule has 2 atom stereocenters. The van der Waals surface area contributed by atoms with Crippen molar-refractivity contribution in [2.75, 3.05) is 0 Å². The van der Waals surface area contributed by atoms with E-state index in [1.165, 1.54) is 11.1 Å². The molecule has 0 radical (unpaired) electrons. The third-order valence-electron chi connectivity index (χ3n) is 5.12. The third-order valence-corrected chi connectivity index (χ3v) is 5.12. The lowest BCUT2D eigenvalue weighted by Gasteiger charge is -2.08. The maximum absolute atomic E-state index is 12.5. The first kappa shape index (κ1) is 17.5. The van der Waals surface area contributed by atoms with Gasteiger partial charge in [0, 0.05) is 25.5 Å². The zero-order chi connectivity index (χ0) is 18.0. The summed E-state index contributed by atoms with van der Waals surface area (Å²) in [5.41, 5.74) is 3.69. The van der Waals surface area contributed by atoms with Gasteiger partial charge >= 0.3 is 0 Å². The smallest absolute Gasteiger partial charge is 0.224 e. The highest BCUT2D eigenvalue weighted by molar-refractivity contribution is 5.83. The highest BCUT2D eigenvalue weighted by atomic mass is 16.2. The quantitative estimate of drug-likeness (QED) is 0.815. The van der Waals surface area contributed by atoms with Gasteiger partial charge in [0.2, 0.25) is 5.91 Å². The highest BCUT2D eigenvalue weighted by Gasteiger charge is 2.60. The molecule has 0 spiro atoms. The Morgan fingerprint density at radius 3 is 2.52 bits per heavy atom. The maximum Gasteiger partial charge on any atom is 0.224 e. The maximum atomic E-state index is 12.5. The largest absolute Gasteiger partial charge is 0.352 e. The van der Waals surface area contributed by atoms with Crippen LogP contribution in [0.4, 0.5) is 0 Å². The third kappa shape index (κ3) is 4.01. The van der Waals surface area contributed by atoms with E-state index in [1.807, 2.05) is 17.1 Å². The molecule has 1 aromatic heterocycles. The molecule has 2 unspecified atom stereocenters. The van der Waals surface area contributed by atoms with Crippen LogP contribution in [0.25, 0.3) is 0 Å². The molecule has 3 rings (SSSR count). The lowest BCUT2D eigenvalue weighted by Crippen LogP contribution is -2.26. The number of carbonyl (C=O) groups is 1. The van der Waals surface area contributed by atoms with Crippen LogP contribution >= 0.6 is 0 Å². The van der Waals surface area contributed by atoms with Crippen LogP contribution in [0, 0.1) is 17.3 Å². The SMILES string of the molecule is CC(C)=CC1C(C(=O)NCc2ccc(Cn3ccnc3)cc2)C1(C)C. The molecule has 25 heavy (non-hydrogen) atoms. The zero-order valence-corrected chi connectivity index (χ0v) is 15.5. The summed E-state index contributed by atoms with van der Waals surface area (Å²) < 4.78 is 2.04. The van der Waals surface area contributed by atoms with Crippen molar-refractivity contribution in [2.45, 2.75) is 40.8 Å². The second kappa shape index (κ2) is 6.87. The minimum Gasteiger partial charge on any atom is -0.352 e. The van der Waals surface area contributed by atoms with Crippen LogP contribution < -0.4 is 5.32 Å². The number of nitrogens with one attached hydrogen (secondary N) is 1. The van der Waals surface area contributed by atoms with Crippen molar-refractivity contribution in [3.63, 3.8) is 0 Å². The molecule has 0 saturated heterocycles. The summed E-state index contributed by atoms with van der Waals surface area (Å²) in [4.78, 5) is 16.6. The first-order chi connectivity index (χ1) is 11.9. The molecule has 0 aliphatic heterocycles. The highest BCUT2D eigenvalue weighted by Crippen LogP contribution is 2.59. The Labute approximate surface area is 150 Å². The average Bonchev–Trinajstić information content (AvgIpc) is 2.91. The van der Waals surface area contributed by atoms with Crippen molar-refractivity contribution in [2.24, 2.45) is 17.3 Å². The van der Waals surface area contributed by atoms with Gasteiger partial charge in [-0.3, -0.25) is 4.79 Å². The number of nitrogens with zero attached hydrogens (tertiary/aromatic N) is 2. The molecule has 1 heterocycles. The number of imidazole rings is 1. The van der Waals surface area contributed by atoms with E-state index >= 15 is 0 Å². The Bertz CT molecular complexity index is 753. The fourth-order valence-corrected chi connectivity index (χ4v) is 3.50. The number of benzene rings is 1. The lowest BCUT2D eigenvalue weighted by molar-refractivity contribution is -0.123. The summed E-state index contributed by atoms with van der Waals surface area (Å²) in [6.07, 6.45) is 7.78. The number of hydrogen-bond donors (Lipinski definition) is 1. The van der Waals surface area contributed by atoms with Crippen LogP contribution in [0.1, 0.15) is 38.8 Å². The minimum atomic E-state index is 0.0655. The molecule has 1 aromatic carbocycles. The fraction of sp³-hybridized carbons (Fsp3) is 0.429. The van der Waals surface area contributed by atoms with Gasteiger partial charge in [0.05, 0.1) is 12.2 Å². The van der Waals surface area contributed by atoms with Gasteiger partial charge in [-0.15, -0.1) is 0 Å². The van der Waals surface area contributed by atoms with Crippen molar-refractivity contribution in [3.05, 3.63) is 65.8 Å². The molecule has 132 valence electrons. The zero-order valence-electron chi connectivity index (χ0n) is 15.5. The monoisotopic (exact) mass is 337 g/mol. The number of hydrogen-bond acceptors (Lipinski definition) is 2. The van der Waals surface area contributed by atoms with Crippen molar-refractivity contribution in [1.82, 2.24) is 14.9 Å². The Hall–Kier alpha value is -2.36. The number of rotatable bonds is 6.